The molecule has 0 radical (unpaired) electrons. The highest BCUT2D eigenvalue weighted by Gasteiger charge is 2.31. The summed E-state index contributed by atoms with van der Waals surface area (Å²) in [7, 11) is -2.40. The number of hydrogen-bond donors (Lipinski definition) is 2. The van der Waals surface area contributed by atoms with E-state index in [-0.39, 0.29) is 16.5 Å². The molecule has 1 aromatic carbocycles. The van der Waals surface area contributed by atoms with Crippen molar-refractivity contribution in [1.82, 2.24) is 14.9 Å². The molecule has 0 bridgehead atoms. The van der Waals surface area contributed by atoms with Crippen LogP contribution in [-0.4, -0.2) is 56.4 Å². The minimum atomic E-state index is -3.74. The third-order valence-corrected chi connectivity index (χ3v) is 6.54. The lowest BCUT2D eigenvalue weighted by Gasteiger charge is -2.32. The average molecular weight is 411 g/mol. The van der Waals surface area contributed by atoms with Crippen LogP contribution in [0, 0.1) is 0 Å². The lowest BCUT2D eigenvalue weighted by atomic mass is 10.1. The summed E-state index contributed by atoms with van der Waals surface area (Å²) in [6.45, 7) is 3.61. The number of sulfonamides is 1. The summed E-state index contributed by atoms with van der Waals surface area (Å²) in [6, 6.07) is 4.69. The van der Waals surface area contributed by atoms with Gasteiger partial charge < -0.3 is 10.1 Å². The first-order valence-corrected chi connectivity index (χ1v) is 10.5. The van der Waals surface area contributed by atoms with Crippen LogP contribution in [-0.2, 0) is 19.6 Å². The molecule has 1 heterocycles. The molecule has 0 saturated carbocycles. The van der Waals surface area contributed by atoms with Gasteiger partial charge in [0.05, 0.1) is 10.5 Å². The number of amides is 3. The van der Waals surface area contributed by atoms with Gasteiger partial charge >= 0.3 is 12.0 Å². The van der Waals surface area contributed by atoms with E-state index in [4.69, 9.17) is 4.74 Å². The number of nitrogens with zero attached hydrogens (tertiary/aromatic N) is 1. The van der Waals surface area contributed by atoms with Crippen LogP contribution in [0.5, 0.6) is 0 Å². The fourth-order valence-electron chi connectivity index (χ4n) is 2.91. The van der Waals surface area contributed by atoms with Crippen LogP contribution < -0.4 is 10.6 Å². The Morgan fingerprint density at radius 3 is 2.61 bits per heavy atom. The molecule has 2 atom stereocenters. The Hall–Kier alpha value is -2.46. The maximum Gasteiger partial charge on any atom is 0.338 e. The molecule has 1 aliphatic heterocycles. The smallest absolute Gasteiger partial charge is 0.338 e. The Bertz CT molecular complexity index is 855. The predicted molar refractivity (Wildman–Crippen MR) is 101 cm³/mol. The fourth-order valence-corrected chi connectivity index (χ4v) is 4.65. The summed E-state index contributed by atoms with van der Waals surface area (Å²) in [4.78, 5) is 35.3. The number of carbonyl (C=O) groups is 3. The predicted octanol–water partition coefficient (Wildman–Crippen LogP) is 1.25. The molecule has 10 heteroatoms. The Balaban J connectivity index is 2.14. The Labute approximate surface area is 164 Å². The number of urea groups is 1. The molecule has 0 spiro atoms. The summed E-state index contributed by atoms with van der Waals surface area (Å²) in [5.41, 5.74) is 0.00494. The molecule has 2 rings (SSSR count). The topological polar surface area (TPSA) is 122 Å². The number of esters is 1. The second-order valence-corrected chi connectivity index (χ2v) is 8.49. The first-order chi connectivity index (χ1) is 13.2. The minimum Gasteiger partial charge on any atom is -0.449 e. The minimum absolute atomic E-state index is 0.00170. The van der Waals surface area contributed by atoms with Crippen molar-refractivity contribution >= 4 is 27.9 Å². The third-order valence-electron chi connectivity index (χ3n) is 4.54. The van der Waals surface area contributed by atoms with Crippen molar-refractivity contribution < 1.29 is 27.5 Å². The van der Waals surface area contributed by atoms with E-state index in [0.717, 1.165) is 19.3 Å². The maximum atomic E-state index is 12.9. The van der Waals surface area contributed by atoms with Crippen LogP contribution in [0.4, 0.5) is 4.79 Å². The molecular formula is C18H25N3O6S. The summed E-state index contributed by atoms with van der Waals surface area (Å²) < 4.78 is 32.3. The Morgan fingerprint density at radius 2 is 1.96 bits per heavy atom. The molecule has 1 saturated heterocycles. The van der Waals surface area contributed by atoms with Crippen molar-refractivity contribution in [3.8, 4) is 0 Å². The van der Waals surface area contributed by atoms with Crippen LogP contribution in [0.1, 0.15) is 43.5 Å². The zero-order valence-electron chi connectivity index (χ0n) is 16.1. The van der Waals surface area contributed by atoms with E-state index in [1.165, 1.54) is 42.5 Å². The highest BCUT2D eigenvalue weighted by Crippen LogP contribution is 2.25. The van der Waals surface area contributed by atoms with Crippen LogP contribution in [0.25, 0.3) is 0 Å². The molecule has 1 aromatic rings. The van der Waals surface area contributed by atoms with E-state index in [2.05, 4.69) is 5.32 Å². The number of nitrogens with one attached hydrogen (secondary N) is 2. The van der Waals surface area contributed by atoms with Gasteiger partial charge in [-0.2, -0.15) is 4.31 Å². The Kier molecular flexibility index (Phi) is 7.14. The summed E-state index contributed by atoms with van der Waals surface area (Å²) >= 11 is 0. The number of benzene rings is 1. The van der Waals surface area contributed by atoms with Crippen molar-refractivity contribution in [2.24, 2.45) is 0 Å². The molecule has 1 aliphatic rings. The van der Waals surface area contributed by atoms with Gasteiger partial charge in [-0.15, -0.1) is 0 Å². The van der Waals surface area contributed by atoms with Crippen molar-refractivity contribution in [3.05, 3.63) is 29.8 Å². The second-order valence-electron chi connectivity index (χ2n) is 6.60. The monoisotopic (exact) mass is 411 g/mol. The number of piperidine rings is 1. The molecule has 1 fully saturated rings. The molecule has 28 heavy (non-hydrogen) atoms. The van der Waals surface area contributed by atoms with E-state index in [9.17, 15) is 22.8 Å². The number of carbonyl (C=O) groups excluding carboxylic acids is 3. The average Bonchev–Trinajstić information content (AvgIpc) is 2.67. The number of rotatable bonds is 5. The van der Waals surface area contributed by atoms with E-state index >= 15 is 0 Å². The van der Waals surface area contributed by atoms with Gasteiger partial charge in [0.15, 0.2) is 6.10 Å². The molecule has 9 nitrogen and oxygen atoms in total. The molecule has 0 aliphatic carbocycles. The summed E-state index contributed by atoms with van der Waals surface area (Å²) in [6.07, 6.45) is 1.34. The first kappa shape index (κ1) is 21.8. The van der Waals surface area contributed by atoms with Gasteiger partial charge in [0.1, 0.15) is 0 Å². The van der Waals surface area contributed by atoms with Crippen LogP contribution in [0.2, 0.25) is 0 Å². The van der Waals surface area contributed by atoms with Crippen LogP contribution in [0.3, 0.4) is 0 Å². The van der Waals surface area contributed by atoms with Gasteiger partial charge in [-0.25, -0.2) is 18.0 Å². The van der Waals surface area contributed by atoms with Gasteiger partial charge in [-0.05, 0) is 44.9 Å². The van der Waals surface area contributed by atoms with Crippen molar-refractivity contribution in [2.75, 3.05) is 13.6 Å². The fraction of sp³-hybridized carbons (Fsp3) is 0.500. The number of imide groups is 1. The van der Waals surface area contributed by atoms with Gasteiger partial charge in [0.2, 0.25) is 10.0 Å². The molecule has 2 N–H and O–H groups in total. The molecule has 3 amide bonds. The Morgan fingerprint density at radius 1 is 1.25 bits per heavy atom. The van der Waals surface area contributed by atoms with E-state index in [1.807, 2.05) is 12.2 Å². The van der Waals surface area contributed by atoms with Crippen LogP contribution in [0.15, 0.2) is 29.2 Å². The zero-order chi connectivity index (χ0) is 20.9. The highest BCUT2D eigenvalue weighted by atomic mass is 32.2. The van der Waals surface area contributed by atoms with Gasteiger partial charge in [0.25, 0.3) is 5.91 Å². The standard InChI is InChI=1S/C18H25N3O6S/c1-12-7-4-5-10-21(12)28(25,26)15-9-6-8-14(11-15)17(23)27-13(2)16(22)20-18(24)19-3/h6,8-9,11-13H,4-5,7,10H2,1-3H3,(H2,19,20,22,24)/t12-,13+/m1/s1. The first-order valence-electron chi connectivity index (χ1n) is 9.02. The molecular weight excluding hydrogens is 386 g/mol. The van der Waals surface area contributed by atoms with Gasteiger partial charge in [-0.3, -0.25) is 10.1 Å². The van der Waals surface area contributed by atoms with Crippen molar-refractivity contribution in [1.29, 1.82) is 0 Å². The van der Waals surface area contributed by atoms with E-state index in [0.29, 0.717) is 6.54 Å². The largest absolute Gasteiger partial charge is 0.449 e. The van der Waals surface area contributed by atoms with E-state index < -0.39 is 34.0 Å². The number of ether oxygens (including phenoxy) is 1. The van der Waals surface area contributed by atoms with Crippen molar-refractivity contribution in [2.45, 2.75) is 50.2 Å². The van der Waals surface area contributed by atoms with Gasteiger partial charge in [-0.1, -0.05) is 12.5 Å². The number of hydrogen-bond acceptors (Lipinski definition) is 6. The van der Waals surface area contributed by atoms with Crippen LogP contribution >= 0.6 is 0 Å². The van der Waals surface area contributed by atoms with E-state index in [1.54, 1.807) is 0 Å². The normalized spacial score (nSPS) is 18.8. The quantitative estimate of drug-likeness (QED) is 0.703. The zero-order valence-corrected chi connectivity index (χ0v) is 16.9. The van der Waals surface area contributed by atoms with Crippen molar-refractivity contribution in [3.63, 3.8) is 0 Å². The second kappa shape index (κ2) is 9.16. The summed E-state index contributed by atoms with van der Waals surface area (Å²) in [5, 5.41) is 4.21. The van der Waals surface area contributed by atoms with Gasteiger partial charge in [0, 0.05) is 19.6 Å². The molecule has 154 valence electrons. The molecule has 0 aromatic heterocycles. The lowest BCUT2D eigenvalue weighted by molar-refractivity contribution is -0.127. The highest BCUT2D eigenvalue weighted by molar-refractivity contribution is 7.89. The maximum absolute atomic E-state index is 12.9. The summed E-state index contributed by atoms with van der Waals surface area (Å²) in [5.74, 6) is -1.65. The lowest BCUT2D eigenvalue weighted by Crippen LogP contribution is -2.43. The molecule has 0 unspecified atom stereocenters. The SMILES string of the molecule is CNC(=O)NC(=O)[C@H](C)OC(=O)c1cccc(S(=O)(=O)N2CCCC[C@H]2C)c1. The third kappa shape index (κ3) is 5.08.